The number of hydrogen-bond acceptors (Lipinski definition) is 12. The van der Waals surface area contributed by atoms with E-state index in [4.69, 9.17) is 24.1 Å². The maximum absolute atomic E-state index is 10.6. The molecule has 1 unspecified atom stereocenters. The molecule has 0 aliphatic carbocycles. The highest BCUT2D eigenvalue weighted by atomic mass is 19.4. The summed E-state index contributed by atoms with van der Waals surface area (Å²) in [6, 6.07) is 13.0. The van der Waals surface area contributed by atoms with E-state index in [-0.39, 0.29) is 17.9 Å². The predicted octanol–water partition coefficient (Wildman–Crippen LogP) is 5.11. The molecule has 4 N–H and O–H groups in total. The first-order valence-corrected chi connectivity index (χ1v) is 13.6. The molecule has 1 atom stereocenters. The number of aromatic hydroxyl groups is 1. The molecule has 2 aromatic carbocycles. The van der Waals surface area contributed by atoms with E-state index in [1.54, 1.807) is 44.7 Å². The van der Waals surface area contributed by atoms with Crippen LogP contribution >= 0.6 is 0 Å². The molecule has 3 heterocycles. The standard InChI is InChI=1S/C28H29N7O4.C2HF3O2/c1-16(18-6-5-9-29-15-18)30-10-11-39-19-7-8-22-21(12-19)26(36)34-28(32-22)35-27-31-17(2)20-13-24(37-3)25(38-4)14-23(20)33-27;3-2(4,5)1(6)7/h5-9,12-16,30H,10-11H2,1-4H3,(H2,31,32,33,34,35,36);(H,6,7). The van der Waals surface area contributed by atoms with E-state index >= 15 is 0 Å². The number of methoxy groups -OCH3 is 2. The number of carbonyl (C=O) groups is 1. The Morgan fingerprint density at radius 3 is 2.28 bits per heavy atom. The third-order valence-corrected chi connectivity index (χ3v) is 6.51. The third kappa shape index (κ3) is 8.35. The van der Waals surface area contributed by atoms with Crippen LogP contribution < -0.4 is 24.8 Å². The first-order valence-electron chi connectivity index (χ1n) is 13.6. The Hall–Kier alpha value is -5.51. The topological polar surface area (TPSA) is 174 Å². The van der Waals surface area contributed by atoms with Gasteiger partial charge in [-0.3, -0.25) is 10.3 Å². The van der Waals surface area contributed by atoms with Gasteiger partial charge in [-0.1, -0.05) is 6.07 Å². The summed E-state index contributed by atoms with van der Waals surface area (Å²) < 4.78 is 48.4. The van der Waals surface area contributed by atoms with Gasteiger partial charge in [0.15, 0.2) is 11.5 Å². The number of fused-ring (bicyclic) bond motifs is 2. The number of alkyl halides is 3. The van der Waals surface area contributed by atoms with E-state index in [1.165, 1.54) is 0 Å². The molecule has 0 fully saturated rings. The van der Waals surface area contributed by atoms with Crippen molar-refractivity contribution < 1.29 is 42.4 Å². The molecular weight excluding hydrogens is 611 g/mol. The van der Waals surface area contributed by atoms with E-state index in [2.05, 4.69) is 42.5 Å². The van der Waals surface area contributed by atoms with Gasteiger partial charge >= 0.3 is 12.1 Å². The average Bonchev–Trinajstić information content (AvgIpc) is 3.03. The van der Waals surface area contributed by atoms with Crippen molar-refractivity contribution in [2.75, 3.05) is 32.7 Å². The molecular formula is C30H30F3N7O6. The van der Waals surface area contributed by atoms with Crippen LogP contribution in [0.4, 0.5) is 25.1 Å². The van der Waals surface area contributed by atoms with Gasteiger partial charge in [0.2, 0.25) is 17.8 Å². The summed E-state index contributed by atoms with van der Waals surface area (Å²) in [7, 11) is 3.15. The van der Waals surface area contributed by atoms with Crippen LogP contribution in [0, 0.1) is 6.92 Å². The lowest BCUT2D eigenvalue weighted by atomic mass is 10.1. The molecule has 5 rings (SSSR count). The van der Waals surface area contributed by atoms with Gasteiger partial charge in [0.1, 0.15) is 12.4 Å². The van der Waals surface area contributed by atoms with Crippen molar-refractivity contribution in [3.8, 4) is 23.1 Å². The predicted molar refractivity (Wildman–Crippen MR) is 162 cm³/mol. The minimum absolute atomic E-state index is 0.155. The minimum atomic E-state index is -5.08. The molecule has 0 aliphatic heterocycles. The fraction of sp³-hybridized carbons (Fsp3) is 0.267. The molecule has 242 valence electrons. The van der Waals surface area contributed by atoms with E-state index in [1.807, 2.05) is 31.3 Å². The molecule has 46 heavy (non-hydrogen) atoms. The van der Waals surface area contributed by atoms with Crippen LogP contribution in [0.5, 0.6) is 23.1 Å². The lowest BCUT2D eigenvalue weighted by molar-refractivity contribution is -0.192. The molecule has 0 radical (unpaired) electrons. The zero-order valence-electron chi connectivity index (χ0n) is 25.1. The average molecular weight is 642 g/mol. The number of aryl methyl sites for hydroxylation is 1. The number of halogens is 3. The van der Waals surface area contributed by atoms with Crippen molar-refractivity contribution in [1.82, 2.24) is 30.2 Å². The molecule has 0 bridgehead atoms. The van der Waals surface area contributed by atoms with Gasteiger partial charge < -0.3 is 29.7 Å². The molecule has 16 heteroatoms. The summed E-state index contributed by atoms with van der Waals surface area (Å²) in [5, 5.41) is 25.5. The monoisotopic (exact) mass is 641 g/mol. The van der Waals surface area contributed by atoms with Gasteiger partial charge in [-0.2, -0.15) is 18.2 Å². The number of rotatable bonds is 10. The first kappa shape index (κ1) is 33.4. The number of carboxylic acids is 1. The van der Waals surface area contributed by atoms with Crippen molar-refractivity contribution in [1.29, 1.82) is 0 Å². The smallest absolute Gasteiger partial charge is 0.490 e. The Balaban J connectivity index is 0.000000617. The van der Waals surface area contributed by atoms with Crippen LogP contribution in [0.25, 0.3) is 21.8 Å². The van der Waals surface area contributed by atoms with Crippen molar-refractivity contribution in [2.24, 2.45) is 0 Å². The van der Waals surface area contributed by atoms with E-state index in [9.17, 15) is 18.3 Å². The number of ether oxygens (including phenoxy) is 3. The number of aromatic nitrogens is 5. The van der Waals surface area contributed by atoms with Crippen LogP contribution in [0.1, 0.15) is 24.2 Å². The fourth-order valence-electron chi connectivity index (χ4n) is 4.20. The SMILES string of the molecule is COc1cc2nc(Nc3nc(O)c4cc(OCCNC(C)c5cccnc5)ccc4n3)nc(C)c2cc1OC.O=C(O)C(F)(F)F. The lowest BCUT2D eigenvalue weighted by Gasteiger charge is -2.14. The van der Waals surface area contributed by atoms with E-state index in [0.29, 0.717) is 52.8 Å². The Bertz CT molecular complexity index is 1830. The van der Waals surface area contributed by atoms with Crippen molar-refractivity contribution >= 4 is 39.7 Å². The van der Waals surface area contributed by atoms with Crippen molar-refractivity contribution in [3.05, 3.63) is 66.1 Å². The Kier molecular flexibility index (Phi) is 10.5. The van der Waals surface area contributed by atoms with Crippen LogP contribution in [-0.2, 0) is 4.79 Å². The number of pyridine rings is 1. The van der Waals surface area contributed by atoms with Gasteiger partial charge in [-0.05, 0) is 49.7 Å². The number of anilines is 2. The quantitative estimate of drug-likeness (QED) is 0.148. The van der Waals surface area contributed by atoms with Crippen molar-refractivity contribution in [3.63, 3.8) is 0 Å². The number of nitrogens with zero attached hydrogens (tertiary/aromatic N) is 5. The molecule has 5 aromatic rings. The van der Waals surface area contributed by atoms with E-state index in [0.717, 1.165) is 16.6 Å². The van der Waals surface area contributed by atoms with Gasteiger partial charge in [-0.25, -0.2) is 19.7 Å². The van der Waals surface area contributed by atoms with Gasteiger partial charge in [0, 0.05) is 36.4 Å². The van der Waals surface area contributed by atoms with E-state index < -0.39 is 12.1 Å². The maximum atomic E-state index is 10.6. The molecule has 3 aromatic heterocycles. The van der Waals surface area contributed by atoms with Gasteiger partial charge in [0.05, 0.1) is 36.3 Å². The normalized spacial score (nSPS) is 11.8. The second kappa shape index (κ2) is 14.5. The minimum Gasteiger partial charge on any atom is -0.493 e. The largest absolute Gasteiger partial charge is 0.493 e. The highest BCUT2D eigenvalue weighted by Crippen LogP contribution is 2.33. The highest BCUT2D eigenvalue weighted by molar-refractivity contribution is 5.87. The summed E-state index contributed by atoms with van der Waals surface area (Å²) in [5.41, 5.74) is 3.06. The Labute approximate surface area is 260 Å². The highest BCUT2D eigenvalue weighted by Gasteiger charge is 2.38. The first-order chi connectivity index (χ1) is 21.9. The number of aliphatic carboxylic acids is 1. The van der Waals surface area contributed by atoms with Crippen LogP contribution in [0.3, 0.4) is 0 Å². The molecule has 0 aliphatic rings. The molecule has 0 saturated carbocycles. The Morgan fingerprint density at radius 1 is 0.957 bits per heavy atom. The zero-order chi connectivity index (χ0) is 33.4. The van der Waals surface area contributed by atoms with Crippen molar-refractivity contribution in [2.45, 2.75) is 26.1 Å². The number of carboxylic acid groups (broad SMARTS) is 1. The second-order valence-corrected chi connectivity index (χ2v) is 9.65. The van der Waals surface area contributed by atoms with Crippen LogP contribution in [0.2, 0.25) is 0 Å². The number of hydrogen-bond donors (Lipinski definition) is 4. The molecule has 13 nitrogen and oxygen atoms in total. The summed E-state index contributed by atoms with van der Waals surface area (Å²) in [6.07, 6.45) is -1.49. The summed E-state index contributed by atoms with van der Waals surface area (Å²) in [5.74, 6) is -0.714. The summed E-state index contributed by atoms with van der Waals surface area (Å²) in [4.78, 5) is 30.8. The fourth-order valence-corrected chi connectivity index (χ4v) is 4.20. The maximum Gasteiger partial charge on any atom is 0.490 e. The van der Waals surface area contributed by atoms with Gasteiger partial charge in [-0.15, -0.1) is 0 Å². The molecule has 0 spiro atoms. The summed E-state index contributed by atoms with van der Waals surface area (Å²) >= 11 is 0. The molecule has 0 saturated heterocycles. The molecule has 0 amide bonds. The summed E-state index contributed by atoms with van der Waals surface area (Å²) in [6.45, 7) is 5.04. The third-order valence-electron chi connectivity index (χ3n) is 6.51. The van der Waals surface area contributed by atoms with Gasteiger partial charge in [0.25, 0.3) is 0 Å². The number of benzene rings is 2. The zero-order valence-corrected chi connectivity index (χ0v) is 25.1. The second-order valence-electron chi connectivity index (χ2n) is 9.65. The van der Waals surface area contributed by atoms with Crippen LogP contribution in [-0.4, -0.2) is 74.6 Å². The lowest BCUT2D eigenvalue weighted by Crippen LogP contribution is -2.24. The van der Waals surface area contributed by atoms with Crippen LogP contribution in [0.15, 0.2) is 54.9 Å². The Morgan fingerprint density at radius 2 is 1.63 bits per heavy atom. The number of nitrogens with one attached hydrogen (secondary N) is 2.